The Hall–Kier alpha value is -0.250. The van der Waals surface area contributed by atoms with E-state index < -0.39 is 0 Å². The Kier molecular flexibility index (Phi) is 6.47. The molecular weight excluding hydrogens is 337 g/mol. The number of carbonyl (C=O) groups is 1. The molecule has 2 nitrogen and oxygen atoms in total. The topological polar surface area (TPSA) is 20.3 Å². The normalized spacial score (nSPS) is 10.8. The maximum atomic E-state index is 12.4. The largest absolute Gasteiger partial charge is 0.336 e. The molecule has 0 heterocycles. The van der Waals surface area contributed by atoms with Crippen LogP contribution in [-0.4, -0.2) is 29.3 Å². The van der Waals surface area contributed by atoms with Crippen LogP contribution in [0.15, 0.2) is 22.7 Å². The van der Waals surface area contributed by atoms with Gasteiger partial charge in [0.1, 0.15) is 0 Å². The molecule has 100 valence electrons. The van der Waals surface area contributed by atoms with Gasteiger partial charge in [-0.15, -0.1) is 11.6 Å². The Morgan fingerprint density at radius 1 is 1.39 bits per heavy atom. The van der Waals surface area contributed by atoms with Crippen molar-refractivity contribution >= 4 is 45.0 Å². The maximum absolute atomic E-state index is 12.4. The van der Waals surface area contributed by atoms with E-state index in [-0.39, 0.29) is 11.9 Å². The lowest BCUT2D eigenvalue weighted by Crippen LogP contribution is -2.37. The van der Waals surface area contributed by atoms with Crippen LogP contribution in [0.4, 0.5) is 0 Å². The summed E-state index contributed by atoms with van der Waals surface area (Å²) < 4.78 is 0.805. The lowest BCUT2D eigenvalue weighted by molar-refractivity contribution is 0.0706. The summed E-state index contributed by atoms with van der Waals surface area (Å²) in [5.74, 6) is 0.536. The van der Waals surface area contributed by atoms with Crippen LogP contribution in [-0.2, 0) is 0 Å². The first kappa shape index (κ1) is 15.8. The standard InChI is InChI=1S/C13H16BrCl2NO/c1-9(2)17(5-3-4-15)13(18)10-6-11(14)8-12(16)7-10/h6-9H,3-5H2,1-2H3. The number of benzene rings is 1. The third-order valence-corrected chi connectivity index (χ3v) is 3.47. The molecule has 5 heteroatoms. The molecule has 18 heavy (non-hydrogen) atoms. The van der Waals surface area contributed by atoms with E-state index in [9.17, 15) is 4.79 Å². The second-order valence-corrected chi connectivity index (χ2v) is 6.02. The quantitative estimate of drug-likeness (QED) is 0.710. The molecule has 0 unspecified atom stereocenters. The van der Waals surface area contributed by atoms with E-state index in [0.29, 0.717) is 23.0 Å². The van der Waals surface area contributed by atoms with E-state index in [1.54, 1.807) is 23.1 Å². The molecule has 0 saturated heterocycles. The fourth-order valence-electron chi connectivity index (χ4n) is 1.67. The number of halogens is 3. The van der Waals surface area contributed by atoms with Crippen LogP contribution in [0.5, 0.6) is 0 Å². The Morgan fingerprint density at radius 2 is 2.06 bits per heavy atom. The fourth-order valence-corrected chi connectivity index (χ4v) is 2.65. The van der Waals surface area contributed by atoms with Crippen molar-refractivity contribution in [2.24, 2.45) is 0 Å². The van der Waals surface area contributed by atoms with Crippen molar-refractivity contribution in [1.29, 1.82) is 0 Å². The van der Waals surface area contributed by atoms with Crippen molar-refractivity contribution in [2.75, 3.05) is 12.4 Å². The van der Waals surface area contributed by atoms with Gasteiger partial charge >= 0.3 is 0 Å². The van der Waals surface area contributed by atoms with Gasteiger partial charge in [-0.2, -0.15) is 0 Å². The molecular formula is C13H16BrCl2NO. The predicted octanol–water partition coefficient (Wildman–Crippen LogP) is 4.58. The van der Waals surface area contributed by atoms with Crippen molar-refractivity contribution in [3.63, 3.8) is 0 Å². The molecule has 0 aliphatic heterocycles. The number of hydrogen-bond donors (Lipinski definition) is 0. The van der Waals surface area contributed by atoms with Crippen molar-refractivity contribution < 1.29 is 4.79 Å². The maximum Gasteiger partial charge on any atom is 0.254 e. The van der Waals surface area contributed by atoms with Crippen LogP contribution >= 0.6 is 39.1 Å². The van der Waals surface area contributed by atoms with Crippen LogP contribution < -0.4 is 0 Å². The minimum atomic E-state index is -0.0154. The van der Waals surface area contributed by atoms with E-state index >= 15 is 0 Å². The summed E-state index contributed by atoms with van der Waals surface area (Å²) in [6.07, 6.45) is 0.785. The van der Waals surface area contributed by atoms with E-state index in [2.05, 4.69) is 15.9 Å². The number of hydrogen-bond acceptors (Lipinski definition) is 1. The van der Waals surface area contributed by atoms with Crippen molar-refractivity contribution in [2.45, 2.75) is 26.3 Å². The first-order chi connectivity index (χ1) is 8.45. The molecule has 1 amide bonds. The third-order valence-electron chi connectivity index (χ3n) is 2.53. The molecule has 0 bridgehead atoms. The summed E-state index contributed by atoms with van der Waals surface area (Å²) in [5.41, 5.74) is 0.595. The van der Waals surface area contributed by atoms with Crippen molar-refractivity contribution in [3.8, 4) is 0 Å². The first-order valence-electron chi connectivity index (χ1n) is 5.78. The van der Waals surface area contributed by atoms with Gasteiger partial charge in [-0.05, 0) is 38.5 Å². The third kappa shape index (κ3) is 4.45. The number of rotatable bonds is 5. The average molecular weight is 353 g/mol. The number of nitrogens with zero attached hydrogens (tertiary/aromatic N) is 1. The zero-order chi connectivity index (χ0) is 13.7. The van der Waals surface area contributed by atoms with Crippen LogP contribution in [0.3, 0.4) is 0 Å². The lowest BCUT2D eigenvalue weighted by atomic mass is 10.1. The fraction of sp³-hybridized carbons (Fsp3) is 0.462. The molecule has 1 aromatic rings. The molecule has 0 spiro atoms. The Labute approximate surface area is 126 Å². The smallest absolute Gasteiger partial charge is 0.254 e. The second kappa shape index (κ2) is 7.37. The van der Waals surface area contributed by atoms with Gasteiger partial charge < -0.3 is 4.90 Å². The zero-order valence-corrected chi connectivity index (χ0v) is 13.5. The van der Waals surface area contributed by atoms with E-state index in [4.69, 9.17) is 23.2 Å². The lowest BCUT2D eigenvalue weighted by Gasteiger charge is -2.26. The summed E-state index contributed by atoms with van der Waals surface area (Å²) >= 11 is 15.0. The zero-order valence-electron chi connectivity index (χ0n) is 10.4. The van der Waals surface area contributed by atoms with Crippen molar-refractivity contribution in [3.05, 3.63) is 33.3 Å². The highest BCUT2D eigenvalue weighted by Crippen LogP contribution is 2.21. The van der Waals surface area contributed by atoms with Crippen LogP contribution in [0.25, 0.3) is 0 Å². The number of alkyl halides is 1. The van der Waals surface area contributed by atoms with E-state index in [1.165, 1.54) is 0 Å². The molecule has 0 fully saturated rings. The van der Waals surface area contributed by atoms with Gasteiger partial charge in [0.15, 0.2) is 0 Å². The summed E-state index contributed by atoms with van der Waals surface area (Å²) in [4.78, 5) is 14.2. The highest BCUT2D eigenvalue weighted by atomic mass is 79.9. The van der Waals surface area contributed by atoms with Gasteiger partial charge in [0.2, 0.25) is 0 Å². The minimum absolute atomic E-state index is 0.0154. The SMILES string of the molecule is CC(C)N(CCCCl)C(=O)c1cc(Cl)cc(Br)c1. The molecule has 0 aliphatic carbocycles. The molecule has 0 atom stereocenters. The predicted molar refractivity (Wildman–Crippen MR) is 80.7 cm³/mol. The average Bonchev–Trinajstić information content (AvgIpc) is 2.27. The molecule has 0 aliphatic rings. The monoisotopic (exact) mass is 351 g/mol. The van der Waals surface area contributed by atoms with E-state index in [1.807, 2.05) is 13.8 Å². The molecule has 1 aromatic carbocycles. The van der Waals surface area contributed by atoms with E-state index in [0.717, 1.165) is 10.9 Å². The summed E-state index contributed by atoms with van der Waals surface area (Å²) in [6.45, 7) is 4.64. The first-order valence-corrected chi connectivity index (χ1v) is 7.49. The van der Waals surface area contributed by atoms with Gasteiger partial charge in [0.25, 0.3) is 5.91 Å². The Bertz CT molecular complexity index is 403. The Balaban J connectivity index is 2.94. The van der Waals surface area contributed by atoms with Crippen LogP contribution in [0.1, 0.15) is 30.6 Å². The molecule has 0 saturated carbocycles. The molecule has 0 N–H and O–H groups in total. The highest BCUT2D eigenvalue weighted by Gasteiger charge is 2.18. The van der Waals surface area contributed by atoms with Crippen LogP contribution in [0.2, 0.25) is 5.02 Å². The minimum Gasteiger partial charge on any atom is -0.336 e. The van der Waals surface area contributed by atoms with Gasteiger partial charge in [-0.25, -0.2) is 0 Å². The Morgan fingerprint density at radius 3 is 2.56 bits per heavy atom. The number of carbonyl (C=O) groups excluding carboxylic acids is 1. The number of amides is 1. The summed E-state index contributed by atoms with van der Waals surface area (Å²) in [7, 11) is 0. The van der Waals surface area contributed by atoms with Gasteiger partial charge in [-0.3, -0.25) is 4.79 Å². The van der Waals surface area contributed by atoms with Gasteiger partial charge in [0, 0.05) is 33.5 Å². The van der Waals surface area contributed by atoms with Crippen LogP contribution in [0, 0.1) is 0 Å². The van der Waals surface area contributed by atoms with Gasteiger partial charge in [0.05, 0.1) is 0 Å². The molecule has 0 aromatic heterocycles. The highest BCUT2D eigenvalue weighted by molar-refractivity contribution is 9.10. The van der Waals surface area contributed by atoms with Crippen molar-refractivity contribution in [1.82, 2.24) is 4.90 Å². The molecule has 0 radical (unpaired) electrons. The summed E-state index contributed by atoms with van der Waals surface area (Å²) in [5, 5.41) is 0.550. The van der Waals surface area contributed by atoms with Gasteiger partial charge in [-0.1, -0.05) is 27.5 Å². The summed E-state index contributed by atoms with van der Waals surface area (Å²) in [6, 6.07) is 5.37. The second-order valence-electron chi connectivity index (χ2n) is 4.29. The molecule has 1 rings (SSSR count).